The van der Waals surface area contributed by atoms with Crippen LogP contribution < -0.4 is 0 Å². The molecule has 1 aliphatic heterocycles. The second-order valence-corrected chi connectivity index (χ2v) is 3.03. The van der Waals surface area contributed by atoms with Crippen molar-refractivity contribution in [2.75, 3.05) is 13.2 Å². The molecule has 0 aromatic heterocycles. The van der Waals surface area contributed by atoms with Crippen LogP contribution in [-0.2, 0) is 4.74 Å². The summed E-state index contributed by atoms with van der Waals surface area (Å²) in [7, 11) is 0. The normalized spacial score (nSPS) is 27.4. The van der Waals surface area contributed by atoms with Crippen LogP contribution in [0.25, 0.3) is 0 Å². The van der Waals surface area contributed by atoms with Crippen LogP contribution in [0.3, 0.4) is 0 Å². The number of hydrogen-bond acceptors (Lipinski definition) is 1. The third-order valence-electron chi connectivity index (χ3n) is 2.32. The molecule has 0 atom stereocenters. The summed E-state index contributed by atoms with van der Waals surface area (Å²) in [6, 6.07) is 0. The van der Waals surface area contributed by atoms with Gasteiger partial charge in [0.15, 0.2) is 0 Å². The zero-order valence-electron chi connectivity index (χ0n) is 6.23. The van der Waals surface area contributed by atoms with Gasteiger partial charge in [-0.1, -0.05) is 12.5 Å². The molecule has 2 aliphatic rings. The first-order valence-corrected chi connectivity index (χ1v) is 4.08. The lowest BCUT2D eigenvalue weighted by Gasteiger charge is -2.29. The van der Waals surface area contributed by atoms with Crippen LogP contribution in [-0.4, -0.2) is 13.2 Å². The molecule has 0 saturated heterocycles. The van der Waals surface area contributed by atoms with Crippen LogP contribution in [0.5, 0.6) is 0 Å². The van der Waals surface area contributed by atoms with E-state index in [1.807, 2.05) is 0 Å². The molecule has 0 aromatic carbocycles. The third-order valence-corrected chi connectivity index (χ3v) is 2.32. The predicted octanol–water partition coefficient (Wildman–Crippen LogP) is 2.09. The van der Waals surface area contributed by atoms with Crippen molar-refractivity contribution in [1.29, 1.82) is 0 Å². The van der Waals surface area contributed by atoms with Gasteiger partial charge in [0.25, 0.3) is 0 Å². The van der Waals surface area contributed by atoms with Gasteiger partial charge in [0.1, 0.15) is 0 Å². The summed E-state index contributed by atoms with van der Waals surface area (Å²) in [6.07, 6.45) is 7.52. The van der Waals surface area contributed by atoms with Crippen LogP contribution in [0, 0.1) is 5.92 Å². The van der Waals surface area contributed by atoms with Gasteiger partial charge in [0, 0.05) is 5.92 Å². The summed E-state index contributed by atoms with van der Waals surface area (Å²) in [5.74, 6) is 1.65. The molecule has 10 heavy (non-hydrogen) atoms. The highest BCUT2D eigenvalue weighted by atomic mass is 16.5. The number of hydrogen-bond donors (Lipinski definition) is 0. The summed E-state index contributed by atoms with van der Waals surface area (Å²) in [5, 5.41) is 0. The molecule has 1 saturated carbocycles. The molecule has 2 rings (SSSR count). The minimum Gasteiger partial charge on any atom is -0.377 e. The largest absolute Gasteiger partial charge is 0.377 e. The Hall–Kier alpha value is -0.300. The summed E-state index contributed by atoms with van der Waals surface area (Å²) in [5.41, 5.74) is 1.50. The molecule has 0 N–H and O–H groups in total. The van der Waals surface area contributed by atoms with E-state index in [0.717, 1.165) is 19.6 Å². The van der Waals surface area contributed by atoms with Gasteiger partial charge >= 0.3 is 0 Å². The average molecular weight is 137 g/mol. The van der Waals surface area contributed by atoms with Crippen molar-refractivity contribution in [1.82, 2.24) is 0 Å². The van der Waals surface area contributed by atoms with E-state index in [0.29, 0.717) is 0 Å². The standard InChI is InChI=1S/C9H13O/c1-3-8(4-1)9-5-2-6-10-7-9/h5H,1-4,6-7H2. The van der Waals surface area contributed by atoms with E-state index < -0.39 is 0 Å². The molecule has 1 radical (unpaired) electrons. The minimum absolute atomic E-state index is 0.884. The first kappa shape index (κ1) is 6.41. The summed E-state index contributed by atoms with van der Waals surface area (Å²) >= 11 is 0. The van der Waals surface area contributed by atoms with Crippen LogP contribution in [0.1, 0.15) is 25.7 Å². The lowest BCUT2D eigenvalue weighted by molar-refractivity contribution is 0.147. The molecule has 0 bridgehead atoms. The Morgan fingerprint density at radius 3 is 2.70 bits per heavy atom. The van der Waals surface area contributed by atoms with E-state index in [9.17, 15) is 0 Å². The number of rotatable bonds is 1. The average Bonchev–Trinajstić information content (AvgIpc) is 1.86. The highest BCUT2D eigenvalue weighted by Gasteiger charge is 2.23. The van der Waals surface area contributed by atoms with Crippen molar-refractivity contribution in [2.24, 2.45) is 0 Å². The van der Waals surface area contributed by atoms with E-state index in [-0.39, 0.29) is 0 Å². The fourth-order valence-electron chi connectivity index (χ4n) is 1.48. The second kappa shape index (κ2) is 2.75. The van der Waals surface area contributed by atoms with Gasteiger partial charge in [-0.05, 0) is 24.8 Å². The minimum atomic E-state index is 0.884. The molecule has 1 aliphatic carbocycles. The van der Waals surface area contributed by atoms with Gasteiger partial charge in [0.2, 0.25) is 0 Å². The van der Waals surface area contributed by atoms with Crippen molar-refractivity contribution < 1.29 is 4.74 Å². The van der Waals surface area contributed by atoms with Gasteiger partial charge in [0.05, 0.1) is 13.2 Å². The van der Waals surface area contributed by atoms with E-state index in [4.69, 9.17) is 4.74 Å². The third kappa shape index (κ3) is 1.10. The van der Waals surface area contributed by atoms with Crippen molar-refractivity contribution in [3.8, 4) is 0 Å². The van der Waals surface area contributed by atoms with E-state index in [2.05, 4.69) is 6.08 Å². The van der Waals surface area contributed by atoms with Crippen LogP contribution in [0.4, 0.5) is 0 Å². The fourth-order valence-corrected chi connectivity index (χ4v) is 1.48. The molecule has 0 aromatic rings. The second-order valence-electron chi connectivity index (χ2n) is 3.03. The zero-order valence-corrected chi connectivity index (χ0v) is 6.23. The Morgan fingerprint density at radius 1 is 1.30 bits per heavy atom. The Morgan fingerprint density at radius 2 is 2.20 bits per heavy atom. The SMILES string of the molecule is C1=C([C]2CCC2)COCC1. The molecule has 55 valence electrons. The first-order chi connectivity index (χ1) is 4.97. The van der Waals surface area contributed by atoms with Gasteiger partial charge in [-0.3, -0.25) is 0 Å². The Bertz CT molecular complexity index is 145. The lowest BCUT2D eigenvalue weighted by atomic mass is 9.79. The van der Waals surface area contributed by atoms with E-state index in [1.54, 1.807) is 5.92 Å². The molecule has 0 spiro atoms. The van der Waals surface area contributed by atoms with Crippen molar-refractivity contribution in [2.45, 2.75) is 25.7 Å². The van der Waals surface area contributed by atoms with Gasteiger partial charge in [-0.15, -0.1) is 0 Å². The van der Waals surface area contributed by atoms with E-state index in [1.165, 1.54) is 24.8 Å². The molecule has 1 fully saturated rings. The molecule has 0 amide bonds. The molecule has 1 heterocycles. The summed E-state index contributed by atoms with van der Waals surface area (Å²) < 4.78 is 5.35. The van der Waals surface area contributed by atoms with Crippen molar-refractivity contribution in [3.63, 3.8) is 0 Å². The topological polar surface area (TPSA) is 9.23 Å². The Kier molecular flexibility index (Phi) is 1.76. The highest BCUT2D eigenvalue weighted by Crippen LogP contribution is 2.36. The Balaban J connectivity index is 1.94. The summed E-state index contributed by atoms with van der Waals surface area (Å²) in [4.78, 5) is 0. The predicted molar refractivity (Wildman–Crippen MR) is 40.6 cm³/mol. The first-order valence-electron chi connectivity index (χ1n) is 4.08. The molecular formula is C9H13O. The van der Waals surface area contributed by atoms with E-state index >= 15 is 0 Å². The number of ether oxygens (including phenoxy) is 1. The molecule has 1 nitrogen and oxygen atoms in total. The molecule has 0 unspecified atom stereocenters. The van der Waals surface area contributed by atoms with Crippen LogP contribution in [0.2, 0.25) is 0 Å². The summed E-state index contributed by atoms with van der Waals surface area (Å²) in [6.45, 7) is 1.81. The Labute approximate surface area is 62.1 Å². The maximum atomic E-state index is 5.35. The molecular weight excluding hydrogens is 124 g/mol. The molecule has 1 heteroatoms. The van der Waals surface area contributed by atoms with Gasteiger partial charge in [-0.2, -0.15) is 0 Å². The smallest absolute Gasteiger partial charge is 0.0682 e. The maximum Gasteiger partial charge on any atom is 0.0682 e. The fraction of sp³-hybridized carbons (Fsp3) is 0.667. The van der Waals surface area contributed by atoms with Crippen molar-refractivity contribution >= 4 is 0 Å². The lowest BCUT2D eigenvalue weighted by Crippen LogP contribution is -2.18. The highest BCUT2D eigenvalue weighted by molar-refractivity contribution is 5.29. The van der Waals surface area contributed by atoms with Crippen LogP contribution >= 0.6 is 0 Å². The maximum absolute atomic E-state index is 5.35. The van der Waals surface area contributed by atoms with Crippen molar-refractivity contribution in [3.05, 3.63) is 17.6 Å². The monoisotopic (exact) mass is 137 g/mol. The van der Waals surface area contributed by atoms with Crippen LogP contribution in [0.15, 0.2) is 11.6 Å². The van der Waals surface area contributed by atoms with Gasteiger partial charge in [-0.25, -0.2) is 0 Å². The quantitative estimate of drug-likeness (QED) is 0.537. The zero-order chi connectivity index (χ0) is 6.81. The van der Waals surface area contributed by atoms with Gasteiger partial charge < -0.3 is 4.74 Å².